The standard InChI is InChI=1S/C12H16BrN3/c1-16(9-3-2-4-9)11-6-5-8(12(14)15)7-10(11)13/h5-7,9H,2-4H2,1H3,(H3,14,15). The topological polar surface area (TPSA) is 53.1 Å². The number of benzene rings is 1. The Morgan fingerprint density at radius 2 is 2.19 bits per heavy atom. The summed E-state index contributed by atoms with van der Waals surface area (Å²) in [7, 11) is 2.12. The van der Waals surface area contributed by atoms with Crippen LogP contribution in [0.25, 0.3) is 0 Å². The molecule has 0 saturated heterocycles. The van der Waals surface area contributed by atoms with Gasteiger partial charge < -0.3 is 10.6 Å². The number of amidine groups is 1. The zero-order valence-corrected chi connectivity index (χ0v) is 10.9. The number of nitrogens with zero attached hydrogens (tertiary/aromatic N) is 1. The van der Waals surface area contributed by atoms with Crippen LogP contribution in [-0.2, 0) is 0 Å². The molecule has 1 aromatic carbocycles. The number of nitrogens with two attached hydrogens (primary N) is 1. The Bertz CT molecular complexity index is 413. The fourth-order valence-electron chi connectivity index (χ4n) is 1.93. The van der Waals surface area contributed by atoms with Gasteiger partial charge in [0.2, 0.25) is 0 Å². The molecule has 0 radical (unpaired) electrons. The maximum absolute atomic E-state index is 7.39. The van der Waals surface area contributed by atoms with Gasteiger partial charge in [0.15, 0.2) is 0 Å². The van der Waals surface area contributed by atoms with Gasteiger partial charge in [0.1, 0.15) is 5.84 Å². The lowest BCUT2D eigenvalue weighted by Crippen LogP contribution is -2.37. The lowest BCUT2D eigenvalue weighted by atomic mass is 9.91. The number of hydrogen-bond donors (Lipinski definition) is 2. The van der Waals surface area contributed by atoms with Crippen LogP contribution in [0.15, 0.2) is 22.7 Å². The molecule has 0 heterocycles. The molecule has 1 aromatic rings. The van der Waals surface area contributed by atoms with Crippen molar-refractivity contribution in [3.63, 3.8) is 0 Å². The first kappa shape index (κ1) is 11.5. The lowest BCUT2D eigenvalue weighted by molar-refractivity contribution is 0.401. The van der Waals surface area contributed by atoms with Gasteiger partial charge >= 0.3 is 0 Å². The van der Waals surface area contributed by atoms with Gasteiger partial charge in [0, 0.05) is 23.1 Å². The van der Waals surface area contributed by atoms with Crippen LogP contribution in [0.1, 0.15) is 24.8 Å². The zero-order valence-electron chi connectivity index (χ0n) is 9.33. The van der Waals surface area contributed by atoms with Crippen LogP contribution in [0.5, 0.6) is 0 Å². The maximum Gasteiger partial charge on any atom is 0.122 e. The van der Waals surface area contributed by atoms with Gasteiger partial charge in [-0.25, -0.2) is 0 Å². The molecule has 4 heteroatoms. The summed E-state index contributed by atoms with van der Waals surface area (Å²) in [6.45, 7) is 0. The largest absolute Gasteiger partial charge is 0.384 e. The molecule has 1 saturated carbocycles. The third-order valence-corrected chi connectivity index (χ3v) is 3.90. The Kier molecular flexibility index (Phi) is 3.19. The van der Waals surface area contributed by atoms with E-state index in [1.54, 1.807) is 0 Å². The molecule has 1 fully saturated rings. The number of rotatable bonds is 3. The predicted octanol–water partition coefficient (Wildman–Crippen LogP) is 2.72. The van der Waals surface area contributed by atoms with Gasteiger partial charge in [0.05, 0.1) is 5.69 Å². The summed E-state index contributed by atoms with van der Waals surface area (Å²) in [5.41, 5.74) is 7.39. The molecule has 0 aromatic heterocycles. The normalized spacial score (nSPS) is 15.6. The predicted molar refractivity (Wildman–Crippen MR) is 71.2 cm³/mol. The zero-order chi connectivity index (χ0) is 11.7. The van der Waals surface area contributed by atoms with Gasteiger partial charge in [0.25, 0.3) is 0 Å². The second kappa shape index (κ2) is 4.45. The smallest absolute Gasteiger partial charge is 0.122 e. The van der Waals surface area contributed by atoms with Gasteiger partial charge in [-0.1, -0.05) is 0 Å². The summed E-state index contributed by atoms with van der Waals surface area (Å²) in [6.07, 6.45) is 3.88. The fraction of sp³-hybridized carbons (Fsp3) is 0.417. The average Bonchev–Trinajstić information content (AvgIpc) is 2.14. The third kappa shape index (κ3) is 2.07. The van der Waals surface area contributed by atoms with E-state index in [1.807, 2.05) is 18.2 Å². The molecular weight excluding hydrogens is 266 g/mol. The first-order valence-corrected chi connectivity index (χ1v) is 6.25. The van der Waals surface area contributed by atoms with Crippen LogP contribution >= 0.6 is 15.9 Å². The highest BCUT2D eigenvalue weighted by atomic mass is 79.9. The van der Waals surface area contributed by atoms with Crippen molar-refractivity contribution in [3.05, 3.63) is 28.2 Å². The monoisotopic (exact) mass is 281 g/mol. The van der Waals surface area contributed by atoms with Crippen molar-refractivity contribution < 1.29 is 0 Å². The van der Waals surface area contributed by atoms with Crippen LogP contribution in [0.3, 0.4) is 0 Å². The van der Waals surface area contributed by atoms with Crippen LogP contribution in [-0.4, -0.2) is 18.9 Å². The summed E-state index contributed by atoms with van der Waals surface area (Å²) >= 11 is 3.54. The molecule has 3 N–H and O–H groups in total. The van der Waals surface area contributed by atoms with Crippen molar-refractivity contribution in [1.82, 2.24) is 0 Å². The number of nitrogens with one attached hydrogen (secondary N) is 1. The van der Waals surface area contributed by atoms with Crippen LogP contribution < -0.4 is 10.6 Å². The van der Waals surface area contributed by atoms with Crippen LogP contribution in [0.2, 0.25) is 0 Å². The summed E-state index contributed by atoms with van der Waals surface area (Å²) < 4.78 is 1.01. The second-order valence-electron chi connectivity index (χ2n) is 4.28. The van der Waals surface area contributed by atoms with E-state index in [9.17, 15) is 0 Å². The Morgan fingerprint density at radius 3 is 2.62 bits per heavy atom. The van der Waals surface area contributed by atoms with E-state index < -0.39 is 0 Å². The van der Waals surface area contributed by atoms with E-state index in [-0.39, 0.29) is 5.84 Å². The quantitative estimate of drug-likeness (QED) is 0.661. The van der Waals surface area contributed by atoms with E-state index in [4.69, 9.17) is 11.1 Å². The number of anilines is 1. The fourth-order valence-corrected chi connectivity index (χ4v) is 2.59. The SMILES string of the molecule is CN(c1ccc(C(=N)N)cc1Br)C1CCC1. The second-order valence-corrected chi connectivity index (χ2v) is 5.13. The van der Waals surface area contributed by atoms with E-state index in [1.165, 1.54) is 24.9 Å². The molecule has 0 atom stereocenters. The Morgan fingerprint density at radius 1 is 1.50 bits per heavy atom. The molecule has 3 nitrogen and oxygen atoms in total. The molecule has 0 spiro atoms. The maximum atomic E-state index is 7.39. The average molecular weight is 282 g/mol. The minimum Gasteiger partial charge on any atom is -0.384 e. The summed E-state index contributed by atoms with van der Waals surface area (Å²) in [5, 5.41) is 7.39. The van der Waals surface area contributed by atoms with Crippen molar-refractivity contribution in [2.45, 2.75) is 25.3 Å². The molecule has 0 amide bonds. The van der Waals surface area contributed by atoms with Gasteiger partial charge in [-0.3, -0.25) is 5.41 Å². The molecule has 1 aliphatic rings. The van der Waals surface area contributed by atoms with E-state index in [0.717, 1.165) is 10.0 Å². The van der Waals surface area contributed by atoms with Crippen LogP contribution in [0, 0.1) is 5.41 Å². The highest BCUT2D eigenvalue weighted by Gasteiger charge is 2.23. The van der Waals surface area contributed by atoms with Crippen molar-refractivity contribution in [3.8, 4) is 0 Å². The van der Waals surface area contributed by atoms with Crippen molar-refractivity contribution in [2.75, 3.05) is 11.9 Å². The third-order valence-electron chi connectivity index (χ3n) is 3.26. The Balaban J connectivity index is 2.24. The molecular formula is C12H16BrN3. The van der Waals surface area contributed by atoms with Gasteiger partial charge in [-0.2, -0.15) is 0 Å². The van der Waals surface area contributed by atoms with Gasteiger partial charge in [-0.15, -0.1) is 0 Å². The first-order chi connectivity index (χ1) is 7.59. The Labute approximate surface area is 104 Å². The van der Waals surface area contributed by atoms with Crippen LogP contribution in [0.4, 0.5) is 5.69 Å². The van der Waals surface area contributed by atoms with Crippen molar-refractivity contribution in [2.24, 2.45) is 5.73 Å². The minimum absolute atomic E-state index is 0.110. The van der Waals surface area contributed by atoms with Crippen molar-refractivity contribution >= 4 is 27.5 Å². The summed E-state index contributed by atoms with van der Waals surface area (Å²) in [5.74, 6) is 0.110. The number of hydrogen-bond acceptors (Lipinski definition) is 2. The minimum atomic E-state index is 0.110. The number of nitrogen functional groups attached to an aromatic ring is 1. The highest BCUT2D eigenvalue weighted by Crippen LogP contribution is 2.33. The molecule has 0 aliphatic heterocycles. The van der Waals surface area contributed by atoms with Gasteiger partial charge in [-0.05, 0) is 53.4 Å². The van der Waals surface area contributed by atoms with E-state index >= 15 is 0 Å². The molecule has 16 heavy (non-hydrogen) atoms. The van der Waals surface area contributed by atoms with E-state index in [0.29, 0.717) is 6.04 Å². The molecule has 86 valence electrons. The van der Waals surface area contributed by atoms with Crippen molar-refractivity contribution in [1.29, 1.82) is 5.41 Å². The molecule has 1 aliphatic carbocycles. The molecule has 2 rings (SSSR count). The number of halogens is 1. The summed E-state index contributed by atoms with van der Waals surface area (Å²) in [6, 6.07) is 6.50. The highest BCUT2D eigenvalue weighted by molar-refractivity contribution is 9.10. The molecule has 0 unspecified atom stereocenters. The molecule has 0 bridgehead atoms. The van der Waals surface area contributed by atoms with E-state index in [2.05, 4.69) is 27.9 Å². The summed E-state index contributed by atoms with van der Waals surface area (Å²) in [4.78, 5) is 2.30. The Hall–Kier alpha value is -1.03. The first-order valence-electron chi connectivity index (χ1n) is 5.46. The lowest BCUT2D eigenvalue weighted by Gasteiger charge is -2.37.